The summed E-state index contributed by atoms with van der Waals surface area (Å²) < 4.78 is 7.41. The molecule has 0 bridgehead atoms. The van der Waals surface area contributed by atoms with E-state index in [9.17, 15) is 9.59 Å². The lowest BCUT2D eigenvalue weighted by Gasteiger charge is -2.13. The van der Waals surface area contributed by atoms with Crippen LogP contribution in [0.15, 0.2) is 24.3 Å². The van der Waals surface area contributed by atoms with Gasteiger partial charge in [-0.1, -0.05) is 19.1 Å². The number of ether oxygens (including phenoxy) is 1. The number of hydrogen-bond donors (Lipinski definition) is 2. The number of hydrogen-bond acceptors (Lipinski definition) is 4. The average molecular weight is 358 g/mol. The van der Waals surface area contributed by atoms with E-state index in [0.717, 1.165) is 36.9 Å². The van der Waals surface area contributed by atoms with Crippen LogP contribution in [-0.4, -0.2) is 40.6 Å². The number of imidazole rings is 1. The van der Waals surface area contributed by atoms with Gasteiger partial charge in [0.1, 0.15) is 12.4 Å². The zero-order chi connectivity index (χ0) is 18.4. The lowest BCUT2D eigenvalue weighted by molar-refractivity contribution is -0.122. The van der Waals surface area contributed by atoms with Crippen molar-refractivity contribution in [1.82, 2.24) is 20.2 Å². The van der Waals surface area contributed by atoms with Gasteiger partial charge in [-0.15, -0.1) is 0 Å². The number of nitrogens with one attached hydrogen (secondary N) is 2. The highest BCUT2D eigenvalue weighted by Gasteiger charge is 2.18. The molecular formula is C19H26N4O3. The molecule has 0 radical (unpaired) electrons. The molecule has 1 unspecified atom stereocenters. The van der Waals surface area contributed by atoms with Crippen molar-refractivity contribution in [3.05, 3.63) is 30.1 Å². The van der Waals surface area contributed by atoms with Crippen LogP contribution in [0.25, 0.3) is 11.0 Å². The first kappa shape index (κ1) is 18.4. The second-order valence-electron chi connectivity index (χ2n) is 6.57. The lowest BCUT2D eigenvalue weighted by Crippen LogP contribution is -2.34. The highest BCUT2D eigenvalue weighted by Crippen LogP contribution is 2.16. The molecule has 0 spiro atoms. The first-order valence-corrected chi connectivity index (χ1v) is 9.26. The number of rotatable bonds is 8. The lowest BCUT2D eigenvalue weighted by atomic mass is 10.2. The molecule has 140 valence electrons. The molecule has 1 aliphatic rings. The zero-order valence-corrected chi connectivity index (χ0v) is 15.2. The molecule has 7 nitrogen and oxygen atoms in total. The van der Waals surface area contributed by atoms with Gasteiger partial charge in [-0.2, -0.15) is 0 Å². The maximum absolute atomic E-state index is 12.4. The van der Waals surface area contributed by atoms with Gasteiger partial charge in [0.05, 0.1) is 23.7 Å². The van der Waals surface area contributed by atoms with Gasteiger partial charge < -0.3 is 19.9 Å². The van der Waals surface area contributed by atoms with Crippen molar-refractivity contribution in [1.29, 1.82) is 0 Å². The molecule has 1 aliphatic heterocycles. The van der Waals surface area contributed by atoms with Crippen molar-refractivity contribution >= 4 is 22.8 Å². The fourth-order valence-corrected chi connectivity index (χ4v) is 3.16. The van der Waals surface area contributed by atoms with E-state index in [2.05, 4.69) is 15.6 Å². The van der Waals surface area contributed by atoms with Gasteiger partial charge in [-0.3, -0.25) is 9.59 Å². The van der Waals surface area contributed by atoms with E-state index in [4.69, 9.17) is 4.74 Å². The Morgan fingerprint density at radius 1 is 1.27 bits per heavy atom. The van der Waals surface area contributed by atoms with Crippen molar-refractivity contribution in [2.45, 2.75) is 51.8 Å². The van der Waals surface area contributed by atoms with Crippen molar-refractivity contribution in [3.8, 4) is 0 Å². The highest BCUT2D eigenvalue weighted by atomic mass is 16.5. The van der Waals surface area contributed by atoms with Gasteiger partial charge in [0.25, 0.3) is 0 Å². The Kier molecular flexibility index (Phi) is 6.22. The molecule has 2 amide bonds. The quantitative estimate of drug-likeness (QED) is 0.753. The van der Waals surface area contributed by atoms with E-state index in [0.29, 0.717) is 25.3 Å². The number of para-hydroxylation sites is 2. The Hall–Kier alpha value is -2.41. The minimum atomic E-state index is -0.0789. The molecule has 2 heterocycles. The van der Waals surface area contributed by atoms with Gasteiger partial charge >= 0.3 is 0 Å². The van der Waals surface area contributed by atoms with Crippen LogP contribution in [0.5, 0.6) is 0 Å². The third kappa shape index (κ3) is 4.60. The van der Waals surface area contributed by atoms with Crippen LogP contribution in [-0.2, 0) is 27.4 Å². The molecule has 0 aliphatic carbocycles. The normalized spacial score (nSPS) is 16.7. The highest BCUT2D eigenvalue weighted by molar-refractivity contribution is 5.81. The molecule has 0 saturated carbocycles. The van der Waals surface area contributed by atoms with Gasteiger partial charge in [0, 0.05) is 19.6 Å². The summed E-state index contributed by atoms with van der Waals surface area (Å²) in [6.07, 6.45) is 3.44. The van der Waals surface area contributed by atoms with Gasteiger partial charge in [-0.25, -0.2) is 4.98 Å². The van der Waals surface area contributed by atoms with E-state index in [1.165, 1.54) is 0 Å². The van der Waals surface area contributed by atoms with Crippen LogP contribution >= 0.6 is 0 Å². The third-order valence-electron chi connectivity index (χ3n) is 4.51. The average Bonchev–Trinajstić information content (AvgIpc) is 3.27. The first-order chi connectivity index (χ1) is 12.7. The fourth-order valence-electron chi connectivity index (χ4n) is 3.16. The summed E-state index contributed by atoms with van der Waals surface area (Å²) in [5.74, 6) is 0.599. The second kappa shape index (κ2) is 8.80. The molecule has 1 saturated heterocycles. The monoisotopic (exact) mass is 358 g/mol. The van der Waals surface area contributed by atoms with E-state index in [1.54, 1.807) is 0 Å². The standard InChI is InChI=1S/C19H26N4O3/c1-2-6-18(24)21-12-17-22-15-8-3-4-9-16(15)23(17)13-19(25)20-11-14-7-5-10-26-14/h3-4,8-9,14H,2,5-7,10-13H2,1H3,(H,20,25)(H,21,24). The Labute approximate surface area is 153 Å². The molecule has 7 heteroatoms. The number of benzene rings is 1. The smallest absolute Gasteiger partial charge is 0.240 e. The predicted octanol–water partition coefficient (Wildman–Crippen LogP) is 1.75. The SMILES string of the molecule is CCCC(=O)NCc1nc2ccccc2n1CC(=O)NCC1CCCO1. The van der Waals surface area contributed by atoms with Gasteiger partial charge in [-0.05, 0) is 31.4 Å². The molecule has 2 N–H and O–H groups in total. The van der Waals surface area contributed by atoms with Crippen LogP contribution in [0.2, 0.25) is 0 Å². The summed E-state index contributed by atoms with van der Waals surface area (Å²) in [6, 6.07) is 7.68. The van der Waals surface area contributed by atoms with Gasteiger partial charge in [0.15, 0.2) is 0 Å². The predicted molar refractivity (Wildman–Crippen MR) is 98.5 cm³/mol. The van der Waals surface area contributed by atoms with Crippen LogP contribution in [0.4, 0.5) is 0 Å². The van der Waals surface area contributed by atoms with E-state index < -0.39 is 0 Å². The fraction of sp³-hybridized carbons (Fsp3) is 0.526. The van der Waals surface area contributed by atoms with Gasteiger partial charge in [0.2, 0.25) is 11.8 Å². The largest absolute Gasteiger partial charge is 0.376 e. The Morgan fingerprint density at radius 3 is 2.88 bits per heavy atom. The maximum atomic E-state index is 12.4. The molecule has 1 aromatic heterocycles. The van der Waals surface area contributed by atoms with Crippen LogP contribution < -0.4 is 10.6 Å². The summed E-state index contributed by atoms with van der Waals surface area (Å²) in [7, 11) is 0. The van der Waals surface area contributed by atoms with E-state index >= 15 is 0 Å². The molecule has 1 fully saturated rings. The molecule has 2 aromatic rings. The number of amides is 2. The van der Waals surface area contributed by atoms with Crippen LogP contribution in [0.3, 0.4) is 0 Å². The molecule has 1 atom stereocenters. The van der Waals surface area contributed by atoms with E-state index in [-0.39, 0.29) is 24.5 Å². The number of nitrogens with zero attached hydrogens (tertiary/aromatic N) is 2. The van der Waals surface area contributed by atoms with Crippen molar-refractivity contribution < 1.29 is 14.3 Å². The Morgan fingerprint density at radius 2 is 2.12 bits per heavy atom. The van der Waals surface area contributed by atoms with Crippen molar-refractivity contribution in [2.75, 3.05) is 13.2 Å². The summed E-state index contributed by atoms with van der Waals surface area (Å²) >= 11 is 0. The maximum Gasteiger partial charge on any atom is 0.240 e. The van der Waals surface area contributed by atoms with Crippen molar-refractivity contribution in [2.24, 2.45) is 0 Å². The summed E-state index contributed by atoms with van der Waals surface area (Å²) in [5, 5.41) is 5.82. The van der Waals surface area contributed by atoms with Crippen molar-refractivity contribution in [3.63, 3.8) is 0 Å². The molecule has 1 aromatic carbocycles. The number of carbonyl (C=O) groups excluding carboxylic acids is 2. The molecular weight excluding hydrogens is 332 g/mol. The Bertz CT molecular complexity index is 765. The zero-order valence-electron chi connectivity index (χ0n) is 15.2. The summed E-state index contributed by atoms with van der Waals surface area (Å²) in [5.41, 5.74) is 1.71. The third-order valence-corrected chi connectivity index (χ3v) is 4.51. The van der Waals surface area contributed by atoms with Crippen LogP contribution in [0, 0.1) is 0 Å². The van der Waals surface area contributed by atoms with E-state index in [1.807, 2.05) is 35.8 Å². The number of carbonyl (C=O) groups is 2. The minimum absolute atomic E-state index is 0.00561. The molecule has 3 rings (SSSR count). The minimum Gasteiger partial charge on any atom is -0.376 e. The Balaban J connectivity index is 1.69. The number of fused-ring (bicyclic) bond motifs is 1. The van der Waals surface area contributed by atoms with Crippen LogP contribution in [0.1, 0.15) is 38.4 Å². The number of aromatic nitrogens is 2. The second-order valence-corrected chi connectivity index (χ2v) is 6.57. The summed E-state index contributed by atoms with van der Waals surface area (Å²) in [4.78, 5) is 28.8. The summed E-state index contributed by atoms with van der Waals surface area (Å²) in [6.45, 7) is 3.76. The molecule has 26 heavy (non-hydrogen) atoms. The first-order valence-electron chi connectivity index (χ1n) is 9.26. The topological polar surface area (TPSA) is 85.2 Å².